The Balaban J connectivity index is 1.89. The molecule has 25 heavy (non-hydrogen) atoms. The van der Waals surface area contributed by atoms with Crippen LogP contribution in [-0.4, -0.2) is 9.67 Å². The first-order valence-corrected chi connectivity index (χ1v) is 8.52. The molecule has 0 amide bonds. The zero-order chi connectivity index (χ0) is 17.0. The van der Waals surface area contributed by atoms with Gasteiger partial charge < -0.3 is 9.67 Å². The molecular weight excluding hydrogens is 312 g/mol. The van der Waals surface area contributed by atoms with Crippen LogP contribution in [0.3, 0.4) is 0 Å². The molecule has 0 aliphatic carbocycles. The van der Waals surface area contributed by atoms with Crippen LogP contribution in [0.25, 0.3) is 27.4 Å². The maximum atomic E-state index is 13.1. The van der Waals surface area contributed by atoms with Gasteiger partial charge in [-0.25, -0.2) is 0 Å². The summed E-state index contributed by atoms with van der Waals surface area (Å²) in [5.41, 5.74) is 2.18. The van der Waals surface area contributed by atoms with Crippen molar-refractivity contribution in [1.29, 1.82) is 0 Å². The molecule has 0 bridgehead atoms. The highest BCUT2D eigenvalue weighted by Gasteiger charge is 2.26. The molecule has 4 nitrogen and oxygen atoms in total. The van der Waals surface area contributed by atoms with Gasteiger partial charge in [0.1, 0.15) is 0 Å². The predicted octanol–water partition coefficient (Wildman–Crippen LogP) is 3.08. The monoisotopic (exact) mass is 329 g/mol. The lowest BCUT2D eigenvalue weighted by molar-refractivity contribution is -0.595. The second-order valence-corrected chi connectivity index (χ2v) is 6.55. The Morgan fingerprint density at radius 3 is 2.72 bits per heavy atom. The molecule has 0 radical (unpaired) electrons. The summed E-state index contributed by atoms with van der Waals surface area (Å²) < 4.78 is 3.55. The number of rotatable bonds is 1. The molecule has 0 saturated heterocycles. The van der Waals surface area contributed by atoms with Crippen LogP contribution in [0.5, 0.6) is 5.75 Å². The lowest BCUT2D eigenvalue weighted by Crippen LogP contribution is -2.40. The number of hydrogen-bond acceptors (Lipinski definition) is 2. The van der Waals surface area contributed by atoms with E-state index in [1.54, 1.807) is 4.57 Å². The number of fused-ring (bicyclic) bond motifs is 1. The molecule has 122 valence electrons. The van der Waals surface area contributed by atoms with E-state index in [0.717, 1.165) is 40.1 Å². The van der Waals surface area contributed by atoms with E-state index < -0.39 is 0 Å². The summed E-state index contributed by atoms with van der Waals surface area (Å²) in [6.45, 7) is 0.688. The van der Waals surface area contributed by atoms with Crippen LogP contribution in [0.2, 0.25) is 0 Å². The van der Waals surface area contributed by atoms with Crippen LogP contribution in [-0.2, 0) is 13.0 Å². The van der Waals surface area contributed by atoms with Gasteiger partial charge in [-0.1, -0.05) is 30.3 Å². The molecule has 4 aromatic rings. The summed E-state index contributed by atoms with van der Waals surface area (Å²) in [6.07, 6.45) is 5.62. The molecule has 1 aliphatic rings. The summed E-state index contributed by atoms with van der Waals surface area (Å²) in [5.74, 6) is 0.0558. The van der Waals surface area contributed by atoms with E-state index in [2.05, 4.69) is 0 Å². The van der Waals surface area contributed by atoms with Gasteiger partial charge in [0.15, 0.2) is 12.4 Å². The topological polar surface area (TPSA) is 46.1 Å². The number of para-hydroxylation sites is 1. The van der Waals surface area contributed by atoms with Gasteiger partial charge in [0.2, 0.25) is 5.75 Å². The molecular formula is C21H17N2O2+. The molecule has 0 saturated carbocycles. The second-order valence-electron chi connectivity index (χ2n) is 6.55. The van der Waals surface area contributed by atoms with Crippen LogP contribution in [0.1, 0.15) is 12.0 Å². The molecule has 0 spiro atoms. The average molecular weight is 329 g/mol. The summed E-state index contributed by atoms with van der Waals surface area (Å²) in [5, 5.41) is 13.8. The van der Waals surface area contributed by atoms with Crippen LogP contribution in [0.15, 0.2) is 65.7 Å². The SMILES string of the molecule is O=c1c(-[n+]2ccc3ccccc3c2)c(O)c2cccc3c2n1CCC3. The van der Waals surface area contributed by atoms with Gasteiger partial charge in [0.25, 0.3) is 0 Å². The van der Waals surface area contributed by atoms with E-state index >= 15 is 0 Å². The minimum absolute atomic E-state index is 0.0558. The zero-order valence-corrected chi connectivity index (χ0v) is 13.6. The third-order valence-electron chi connectivity index (χ3n) is 5.09. The maximum Gasteiger partial charge on any atom is 0.327 e. The Morgan fingerprint density at radius 2 is 1.84 bits per heavy atom. The Labute approximate surface area is 144 Å². The van der Waals surface area contributed by atoms with E-state index in [1.807, 2.05) is 65.5 Å². The van der Waals surface area contributed by atoms with Gasteiger partial charge in [-0.2, -0.15) is 4.57 Å². The van der Waals surface area contributed by atoms with E-state index in [4.69, 9.17) is 0 Å². The van der Waals surface area contributed by atoms with Gasteiger partial charge in [0.05, 0.1) is 5.52 Å². The van der Waals surface area contributed by atoms with Gasteiger partial charge >= 0.3 is 11.2 Å². The lowest BCUT2D eigenvalue weighted by atomic mass is 10.0. The van der Waals surface area contributed by atoms with Crippen molar-refractivity contribution in [3.63, 3.8) is 0 Å². The second kappa shape index (κ2) is 5.18. The average Bonchev–Trinajstić information content (AvgIpc) is 2.66. The van der Waals surface area contributed by atoms with E-state index in [0.29, 0.717) is 12.2 Å². The maximum absolute atomic E-state index is 13.1. The Bertz CT molecular complexity index is 1210. The number of aromatic hydroxyl groups is 1. The van der Waals surface area contributed by atoms with Gasteiger partial charge in [-0.3, -0.25) is 4.79 Å². The van der Waals surface area contributed by atoms with Gasteiger partial charge in [0, 0.05) is 23.4 Å². The molecule has 4 heteroatoms. The van der Waals surface area contributed by atoms with Crippen LogP contribution >= 0.6 is 0 Å². The Hall–Kier alpha value is -3.14. The molecule has 1 N–H and O–H groups in total. The molecule has 2 aromatic heterocycles. The number of pyridine rings is 2. The van der Waals surface area contributed by atoms with E-state index in [1.165, 1.54) is 0 Å². The highest BCUT2D eigenvalue weighted by Crippen LogP contribution is 2.31. The first-order valence-electron chi connectivity index (χ1n) is 8.52. The number of hydrogen-bond donors (Lipinski definition) is 1. The number of benzene rings is 2. The Morgan fingerprint density at radius 1 is 1.00 bits per heavy atom. The fraction of sp³-hybridized carbons (Fsp3) is 0.143. The fourth-order valence-corrected chi connectivity index (χ4v) is 3.91. The van der Waals surface area contributed by atoms with E-state index in [9.17, 15) is 9.90 Å². The highest BCUT2D eigenvalue weighted by molar-refractivity contribution is 5.90. The molecule has 2 aromatic carbocycles. The predicted molar refractivity (Wildman–Crippen MR) is 97.2 cm³/mol. The third kappa shape index (κ3) is 2.00. The Kier molecular flexibility index (Phi) is 2.95. The van der Waals surface area contributed by atoms with Gasteiger partial charge in [-0.15, -0.1) is 0 Å². The van der Waals surface area contributed by atoms with Crippen molar-refractivity contribution in [1.82, 2.24) is 4.57 Å². The van der Waals surface area contributed by atoms with Crippen molar-refractivity contribution in [2.45, 2.75) is 19.4 Å². The van der Waals surface area contributed by atoms with Gasteiger partial charge in [-0.05, 0) is 35.9 Å². The zero-order valence-electron chi connectivity index (χ0n) is 13.6. The first-order chi connectivity index (χ1) is 12.2. The van der Waals surface area contributed by atoms with E-state index in [-0.39, 0.29) is 11.3 Å². The minimum atomic E-state index is -0.141. The van der Waals surface area contributed by atoms with Crippen molar-refractivity contribution < 1.29 is 9.67 Å². The summed E-state index contributed by atoms with van der Waals surface area (Å²) in [6, 6.07) is 15.8. The molecule has 5 rings (SSSR count). The van der Waals surface area contributed by atoms with Crippen molar-refractivity contribution in [3.8, 4) is 11.4 Å². The summed E-state index contributed by atoms with van der Waals surface area (Å²) in [4.78, 5) is 13.1. The first kappa shape index (κ1) is 14.2. The van der Waals surface area contributed by atoms with Crippen molar-refractivity contribution in [3.05, 3.63) is 76.8 Å². The number of aryl methyl sites for hydroxylation is 2. The third-order valence-corrected chi connectivity index (χ3v) is 5.09. The molecule has 3 heterocycles. The quantitative estimate of drug-likeness (QED) is 0.546. The van der Waals surface area contributed by atoms with Crippen molar-refractivity contribution in [2.75, 3.05) is 0 Å². The normalized spacial score (nSPS) is 13.4. The van der Waals surface area contributed by atoms with Crippen molar-refractivity contribution in [2.24, 2.45) is 0 Å². The lowest BCUT2D eigenvalue weighted by Gasteiger charge is -2.19. The minimum Gasteiger partial charge on any atom is -0.502 e. The van der Waals surface area contributed by atoms with Crippen LogP contribution in [0, 0.1) is 0 Å². The number of nitrogens with zero attached hydrogens (tertiary/aromatic N) is 2. The van der Waals surface area contributed by atoms with Crippen molar-refractivity contribution >= 4 is 21.7 Å². The van der Waals surface area contributed by atoms with Crippen LogP contribution in [0.4, 0.5) is 0 Å². The highest BCUT2D eigenvalue weighted by atomic mass is 16.3. The largest absolute Gasteiger partial charge is 0.502 e. The molecule has 0 fully saturated rings. The van der Waals surface area contributed by atoms with Crippen LogP contribution < -0.4 is 10.1 Å². The summed E-state index contributed by atoms with van der Waals surface area (Å²) >= 11 is 0. The number of aromatic nitrogens is 2. The fourth-order valence-electron chi connectivity index (χ4n) is 3.91. The molecule has 0 unspecified atom stereocenters. The smallest absolute Gasteiger partial charge is 0.327 e. The summed E-state index contributed by atoms with van der Waals surface area (Å²) in [7, 11) is 0. The molecule has 0 atom stereocenters. The standard InChI is InChI=1S/C21H16N2O2/c24-20-17-9-3-7-15-8-4-11-23(18(15)17)21(25)19(20)22-12-10-14-5-1-2-6-16(14)13-22/h1-3,5-7,9-10,12-13H,4,8,11H2/p+1. The molecule has 1 aliphatic heterocycles.